The van der Waals surface area contributed by atoms with Gasteiger partial charge >= 0.3 is 0 Å². The van der Waals surface area contributed by atoms with Crippen LogP contribution in [0.3, 0.4) is 0 Å². The van der Waals surface area contributed by atoms with Crippen molar-refractivity contribution in [2.24, 2.45) is 5.10 Å². The van der Waals surface area contributed by atoms with Gasteiger partial charge in [0.05, 0.1) is 27.0 Å². The molecule has 0 radical (unpaired) electrons. The molecule has 3 aromatic carbocycles. The van der Waals surface area contributed by atoms with Gasteiger partial charge in [0.25, 0.3) is 0 Å². The van der Waals surface area contributed by atoms with Crippen LogP contribution in [0.1, 0.15) is 11.1 Å². The average molecular weight is 376 g/mol. The van der Waals surface area contributed by atoms with Crippen molar-refractivity contribution >= 4 is 17.0 Å². The third-order valence-electron chi connectivity index (χ3n) is 4.30. The minimum Gasteiger partial charge on any atom is -0.493 e. The van der Waals surface area contributed by atoms with Crippen LogP contribution in [0.2, 0.25) is 0 Å². The van der Waals surface area contributed by atoms with Crippen LogP contribution in [0.25, 0.3) is 10.8 Å². The average Bonchev–Trinajstić information content (AvgIpc) is 2.75. The summed E-state index contributed by atoms with van der Waals surface area (Å²) in [5, 5.41) is 6.62. The number of rotatable bonds is 9. The van der Waals surface area contributed by atoms with E-state index in [1.807, 2.05) is 42.5 Å². The number of nitrogens with one attached hydrogen (secondary N) is 1. The fourth-order valence-electron chi connectivity index (χ4n) is 2.92. The Morgan fingerprint density at radius 1 is 0.964 bits per heavy atom. The number of fused-ring (bicyclic) bond motifs is 1. The molecule has 3 aromatic rings. The van der Waals surface area contributed by atoms with Crippen molar-refractivity contribution < 1.29 is 14.2 Å². The highest BCUT2D eigenvalue weighted by Gasteiger charge is 2.07. The van der Waals surface area contributed by atoms with Gasteiger partial charge < -0.3 is 19.6 Å². The van der Waals surface area contributed by atoms with Crippen LogP contribution in [0.4, 0.5) is 0 Å². The lowest BCUT2D eigenvalue weighted by Crippen LogP contribution is -2.07. The summed E-state index contributed by atoms with van der Waals surface area (Å²) in [5.41, 5.74) is 5.05. The lowest BCUT2D eigenvalue weighted by Gasteiger charge is -2.11. The molecule has 0 saturated heterocycles. The molecule has 1 N–H and O–H groups in total. The second-order valence-electron chi connectivity index (χ2n) is 6.08. The Balaban J connectivity index is 1.78. The zero-order valence-corrected chi connectivity index (χ0v) is 16.1. The van der Waals surface area contributed by atoms with Crippen LogP contribution in [0.5, 0.6) is 17.2 Å². The van der Waals surface area contributed by atoms with Gasteiger partial charge in [0.15, 0.2) is 11.5 Å². The molecule has 0 aromatic heterocycles. The summed E-state index contributed by atoms with van der Waals surface area (Å²) in [4.78, 5) is 0. The first kappa shape index (κ1) is 19.3. The van der Waals surface area contributed by atoms with Crippen molar-refractivity contribution in [3.63, 3.8) is 0 Å². The van der Waals surface area contributed by atoms with Crippen molar-refractivity contribution in [3.8, 4) is 17.2 Å². The van der Waals surface area contributed by atoms with E-state index < -0.39 is 0 Å². The van der Waals surface area contributed by atoms with Crippen LogP contribution in [-0.2, 0) is 6.54 Å². The van der Waals surface area contributed by atoms with Gasteiger partial charge in [-0.25, -0.2) is 0 Å². The number of methoxy groups -OCH3 is 2. The monoisotopic (exact) mass is 376 g/mol. The van der Waals surface area contributed by atoms with E-state index in [0.717, 1.165) is 27.6 Å². The molecule has 0 aliphatic carbocycles. The van der Waals surface area contributed by atoms with E-state index in [4.69, 9.17) is 14.2 Å². The first-order valence-corrected chi connectivity index (χ1v) is 8.99. The number of benzene rings is 3. The van der Waals surface area contributed by atoms with Gasteiger partial charge in [0, 0.05) is 5.56 Å². The quantitative estimate of drug-likeness (QED) is 0.338. The molecule has 0 atom stereocenters. The zero-order chi connectivity index (χ0) is 19.8. The van der Waals surface area contributed by atoms with Crippen LogP contribution in [-0.4, -0.2) is 27.0 Å². The molecule has 0 spiro atoms. The lowest BCUT2D eigenvalue weighted by molar-refractivity contribution is 0.354. The molecule has 0 amide bonds. The van der Waals surface area contributed by atoms with E-state index >= 15 is 0 Å². The minimum absolute atomic E-state index is 0.443. The fourth-order valence-corrected chi connectivity index (χ4v) is 2.92. The van der Waals surface area contributed by atoms with Crippen molar-refractivity contribution in [2.45, 2.75) is 6.54 Å². The smallest absolute Gasteiger partial charge is 0.161 e. The molecular weight excluding hydrogens is 352 g/mol. The van der Waals surface area contributed by atoms with E-state index in [1.165, 1.54) is 0 Å². The Kier molecular flexibility index (Phi) is 6.52. The third-order valence-corrected chi connectivity index (χ3v) is 4.30. The Hall–Kier alpha value is -3.47. The maximum Gasteiger partial charge on any atom is 0.161 e. The molecule has 0 heterocycles. The SMILES string of the molecule is C=CCOc1ccc2ccccc2c1/C=N/NCc1ccc(OC)c(OC)c1. The fraction of sp³-hybridized carbons (Fsp3) is 0.174. The van der Waals surface area contributed by atoms with Gasteiger partial charge in [-0.3, -0.25) is 0 Å². The second kappa shape index (κ2) is 9.46. The van der Waals surface area contributed by atoms with E-state index in [1.54, 1.807) is 26.5 Å². The molecule has 0 saturated carbocycles. The molecule has 0 aliphatic rings. The van der Waals surface area contributed by atoms with Crippen molar-refractivity contribution in [1.82, 2.24) is 5.43 Å². The van der Waals surface area contributed by atoms with Gasteiger partial charge in [0.2, 0.25) is 0 Å². The first-order chi connectivity index (χ1) is 13.8. The van der Waals surface area contributed by atoms with Crippen LogP contribution < -0.4 is 19.6 Å². The maximum atomic E-state index is 5.80. The zero-order valence-electron chi connectivity index (χ0n) is 16.1. The maximum absolute atomic E-state index is 5.80. The predicted octanol–water partition coefficient (Wildman–Crippen LogP) is 4.55. The molecule has 0 fully saturated rings. The molecule has 0 aliphatic heterocycles. The molecular formula is C23H24N2O3. The molecule has 0 bridgehead atoms. The number of hydrogen-bond donors (Lipinski definition) is 1. The van der Waals surface area contributed by atoms with Gasteiger partial charge in [-0.2, -0.15) is 5.10 Å². The summed E-state index contributed by atoms with van der Waals surface area (Å²) >= 11 is 0. The highest BCUT2D eigenvalue weighted by molar-refractivity contribution is 6.02. The Morgan fingerprint density at radius 3 is 2.54 bits per heavy atom. The summed E-state index contributed by atoms with van der Waals surface area (Å²) in [5.74, 6) is 2.17. The van der Waals surface area contributed by atoms with Crippen molar-refractivity contribution in [2.75, 3.05) is 20.8 Å². The van der Waals surface area contributed by atoms with Gasteiger partial charge in [0.1, 0.15) is 12.4 Å². The predicted molar refractivity (Wildman–Crippen MR) is 114 cm³/mol. The highest BCUT2D eigenvalue weighted by atomic mass is 16.5. The summed E-state index contributed by atoms with van der Waals surface area (Å²) in [6, 6.07) is 17.9. The van der Waals surface area contributed by atoms with Crippen LogP contribution in [0, 0.1) is 0 Å². The number of nitrogens with zero attached hydrogens (tertiary/aromatic N) is 1. The summed E-state index contributed by atoms with van der Waals surface area (Å²) in [6.45, 7) is 4.72. The molecule has 0 unspecified atom stereocenters. The van der Waals surface area contributed by atoms with E-state index in [2.05, 4.69) is 29.2 Å². The highest BCUT2D eigenvalue weighted by Crippen LogP contribution is 2.28. The van der Waals surface area contributed by atoms with Crippen LogP contribution >= 0.6 is 0 Å². The summed E-state index contributed by atoms with van der Waals surface area (Å²) in [6.07, 6.45) is 3.52. The van der Waals surface area contributed by atoms with Crippen LogP contribution in [0.15, 0.2) is 72.4 Å². The Morgan fingerprint density at radius 2 is 1.75 bits per heavy atom. The van der Waals surface area contributed by atoms with E-state index in [9.17, 15) is 0 Å². The standard InChI is InChI=1S/C23H24N2O3/c1-4-13-28-21-12-10-18-7-5-6-8-19(18)20(21)16-25-24-15-17-9-11-22(26-2)23(14-17)27-3/h4-12,14,16,24H,1,13,15H2,2-3H3/b25-16+. The van der Waals surface area contributed by atoms with E-state index in [0.29, 0.717) is 24.7 Å². The topological polar surface area (TPSA) is 52.1 Å². The summed E-state index contributed by atoms with van der Waals surface area (Å²) in [7, 11) is 3.24. The normalized spacial score (nSPS) is 10.8. The van der Waals surface area contributed by atoms with E-state index in [-0.39, 0.29) is 0 Å². The second-order valence-corrected chi connectivity index (χ2v) is 6.08. The molecule has 3 rings (SSSR count). The largest absolute Gasteiger partial charge is 0.493 e. The number of hydrogen-bond acceptors (Lipinski definition) is 5. The molecule has 5 nitrogen and oxygen atoms in total. The summed E-state index contributed by atoms with van der Waals surface area (Å²) < 4.78 is 16.4. The Bertz CT molecular complexity index is 983. The minimum atomic E-state index is 0.443. The Labute approximate surface area is 165 Å². The first-order valence-electron chi connectivity index (χ1n) is 8.99. The van der Waals surface area contributed by atoms with Gasteiger partial charge in [-0.1, -0.05) is 49.1 Å². The third kappa shape index (κ3) is 4.43. The molecule has 5 heteroatoms. The lowest BCUT2D eigenvalue weighted by atomic mass is 10.0. The molecule has 144 valence electrons. The number of ether oxygens (including phenoxy) is 3. The molecule has 28 heavy (non-hydrogen) atoms. The number of hydrazone groups is 1. The van der Waals surface area contributed by atoms with Crippen molar-refractivity contribution in [3.05, 3.63) is 78.4 Å². The van der Waals surface area contributed by atoms with Gasteiger partial charge in [-0.05, 0) is 34.5 Å². The van der Waals surface area contributed by atoms with Crippen molar-refractivity contribution in [1.29, 1.82) is 0 Å². The van der Waals surface area contributed by atoms with Gasteiger partial charge in [-0.15, -0.1) is 0 Å².